The Kier molecular flexibility index (Phi) is 4.55. The summed E-state index contributed by atoms with van der Waals surface area (Å²) in [7, 11) is 0. The van der Waals surface area contributed by atoms with Crippen molar-refractivity contribution in [2.45, 2.75) is 13.0 Å². The second-order valence-electron chi connectivity index (χ2n) is 5.66. The third-order valence-corrected chi connectivity index (χ3v) is 4.30. The van der Waals surface area contributed by atoms with Crippen LogP contribution in [0.1, 0.15) is 27.6 Å². The standard InChI is InChI=1S/C18H18ClNO3/c1-12-2-3-14(10-16(12)21)18(22)20-8-9-23-17(11-20)13-4-6-15(19)7-5-13/h2-7,10,17,21H,8-9,11H2,1H3/t17-/m1/s1. The van der Waals surface area contributed by atoms with Gasteiger partial charge in [0.1, 0.15) is 11.9 Å². The van der Waals surface area contributed by atoms with Crippen molar-refractivity contribution in [1.29, 1.82) is 0 Å². The second kappa shape index (κ2) is 6.60. The number of morpholine rings is 1. The van der Waals surface area contributed by atoms with Gasteiger partial charge in [0, 0.05) is 17.1 Å². The maximum atomic E-state index is 12.6. The molecule has 1 aliphatic rings. The summed E-state index contributed by atoms with van der Waals surface area (Å²) >= 11 is 5.91. The number of hydrogen-bond acceptors (Lipinski definition) is 3. The molecule has 0 radical (unpaired) electrons. The molecule has 0 aliphatic carbocycles. The van der Waals surface area contributed by atoms with Crippen molar-refractivity contribution in [3.63, 3.8) is 0 Å². The predicted molar refractivity (Wildman–Crippen MR) is 88.9 cm³/mol. The third kappa shape index (κ3) is 3.49. The predicted octanol–water partition coefficient (Wildman–Crippen LogP) is 3.57. The van der Waals surface area contributed by atoms with Gasteiger partial charge < -0.3 is 14.7 Å². The average Bonchev–Trinajstić information content (AvgIpc) is 2.57. The van der Waals surface area contributed by atoms with Gasteiger partial charge in [0.25, 0.3) is 5.91 Å². The Bertz CT molecular complexity index is 715. The summed E-state index contributed by atoms with van der Waals surface area (Å²) in [6.45, 7) is 3.30. The molecule has 1 heterocycles. The van der Waals surface area contributed by atoms with E-state index in [9.17, 15) is 9.90 Å². The summed E-state index contributed by atoms with van der Waals surface area (Å²) in [6.07, 6.45) is -0.163. The lowest BCUT2D eigenvalue weighted by Crippen LogP contribution is -2.42. The van der Waals surface area contributed by atoms with Crippen LogP contribution in [0.15, 0.2) is 42.5 Å². The topological polar surface area (TPSA) is 49.8 Å². The molecule has 0 bridgehead atoms. The largest absolute Gasteiger partial charge is 0.508 e. The number of nitrogens with zero attached hydrogens (tertiary/aromatic N) is 1. The monoisotopic (exact) mass is 331 g/mol. The first-order valence-corrected chi connectivity index (χ1v) is 7.88. The van der Waals surface area contributed by atoms with Gasteiger partial charge in [-0.15, -0.1) is 0 Å². The summed E-state index contributed by atoms with van der Waals surface area (Å²) in [5.74, 6) is 0.0425. The Balaban J connectivity index is 1.76. The Morgan fingerprint density at radius 1 is 1.26 bits per heavy atom. The number of benzene rings is 2. The van der Waals surface area contributed by atoms with Crippen LogP contribution in [0.2, 0.25) is 5.02 Å². The lowest BCUT2D eigenvalue weighted by Gasteiger charge is -2.33. The highest BCUT2D eigenvalue weighted by Gasteiger charge is 2.26. The van der Waals surface area contributed by atoms with Crippen LogP contribution >= 0.6 is 11.6 Å². The van der Waals surface area contributed by atoms with Crippen molar-refractivity contribution in [3.8, 4) is 5.75 Å². The summed E-state index contributed by atoms with van der Waals surface area (Å²) in [5.41, 5.74) is 2.24. The van der Waals surface area contributed by atoms with Gasteiger partial charge in [-0.05, 0) is 42.3 Å². The summed E-state index contributed by atoms with van der Waals surface area (Å²) in [6, 6.07) is 12.5. The SMILES string of the molecule is Cc1ccc(C(=O)N2CCO[C@@H](c3ccc(Cl)cc3)C2)cc1O. The van der Waals surface area contributed by atoms with Crippen molar-refractivity contribution >= 4 is 17.5 Å². The van der Waals surface area contributed by atoms with Crippen molar-refractivity contribution < 1.29 is 14.6 Å². The molecule has 4 nitrogen and oxygen atoms in total. The zero-order valence-corrected chi connectivity index (χ0v) is 13.6. The van der Waals surface area contributed by atoms with Gasteiger partial charge in [0.2, 0.25) is 0 Å². The molecule has 3 rings (SSSR count). The van der Waals surface area contributed by atoms with E-state index in [-0.39, 0.29) is 17.8 Å². The van der Waals surface area contributed by atoms with Gasteiger partial charge in [0.05, 0.1) is 13.2 Å². The number of halogens is 1. The lowest BCUT2D eigenvalue weighted by atomic mass is 10.1. The molecule has 1 aliphatic heterocycles. The molecule has 5 heteroatoms. The molecule has 23 heavy (non-hydrogen) atoms. The van der Waals surface area contributed by atoms with E-state index in [0.29, 0.717) is 30.3 Å². The number of hydrogen-bond donors (Lipinski definition) is 1. The fraction of sp³-hybridized carbons (Fsp3) is 0.278. The Morgan fingerprint density at radius 2 is 2.00 bits per heavy atom. The van der Waals surface area contributed by atoms with E-state index in [2.05, 4.69) is 0 Å². The zero-order chi connectivity index (χ0) is 16.4. The Morgan fingerprint density at radius 3 is 2.70 bits per heavy atom. The van der Waals surface area contributed by atoms with Gasteiger partial charge in [0.15, 0.2) is 0 Å². The highest BCUT2D eigenvalue weighted by molar-refractivity contribution is 6.30. The average molecular weight is 332 g/mol. The second-order valence-corrected chi connectivity index (χ2v) is 6.10. The molecular formula is C18H18ClNO3. The van der Waals surface area contributed by atoms with Crippen LogP contribution in [-0.2, 0) is 4.74 Å². The molecule has 1 amide bonds. The molecule has 120 valence electrons. The fourth-order valence-electron chi connectivity index (χ4n) is 2.64. The Hall–Kier alpha value is -2.04. The highest BCUT2D eigenvalue weighted by Crippen LogP contribution is 2.25. The minimum absolute atomic E-state index is 0.0948. The first kappa shape index (κ1) is 15.8. The van der Waals surface area contributed by atoms with Gasteiger partial charge in [-0.1, -0.05) is 29.8 Å². The summed E-state index contributed by atoms with van der Waals surface area (Å²) < 4.78 is 5.78. The number of phenols is 1. The molecule has 1 saturated heterocycles. The molecule has 0 saturated carbocycles. The van der Waals surface area contributed by atoms with Crippen molar-refractivity contribution in [1.82, 2.24) is 4.90 Å². The van der Waals surface area contributed by atoms with E-state index in [1.807, 2.05) is 24.3 Å². The van der Waals surface area contributed by atoms with Gasteiger partial charge in [-0.25, -0.2) is 0 Å². The molecule has 0 aromatic heterocycles. The number of aryl methyl sites for hydroxylation is 1. The van der Waals surface area contributed by atoms with Crippen LogP contribution in [0, 0.1) is 6.92 Å². The molecule has 2 aromatic carbocycles. The minimum atomic E-state index is -0.163. The van der Waals surface area contributed by atoms with Crippen LogP contribution in [0.5, 0.6) is 5.75 Å². The smallest absolute Gasteiger partial charge is 0.254 e. The van der Waals surface area contributed by atoms with Crippen molar-refractivity contribution in [3.05, 3.63) is 64.2 Å². The Labute approximate surface area is 140 Å². The molecule has 1 fully saturated rings. The normalized spacial score (nSPS) is 18.0. The van der Waals surface area contributed by atoms with Gasteiger partial charge in [-0.3, -0.25) is 4.79 Å². The highest BCUT2D eigenvalue weighted by atomic mass is 35.5. The van der Waals surface area contributed by atoms with E-state index < -0.39 is 0 Å². The first-order valence-electron chi connectivity index (χ1n) is 7.50. The van der Waals surface area contributed by atoms with E-state index in [4.69, 9.17) is 16.3 Å². The van der Waals surface area contributed by atoms with E-state index in [1.165, 1.54) is 6.07 Å². The fourth-order valence-corrected chi connectivity index (χ4v) is 2.76. The summed E-state index contributed by atoms with van der Waals surface area (Å²) in [5, 5.41) is 10.5. The maximum Gasteiger partial charge on any atom is 0.254 e. The number of ether oxygens (including phenoxy) is 1. The quantitative estimate of drug-likeness (QED) is 0.915. The van der Waals surface area contributed by atoms with Gasteiger partial charge >= 0.3 is 0 Å². The molecule has 2 aromatic rings. The number of carbonyl (C=O) groups is 1. The lowest BCUT2D eigenvalue weighted by molar-refractivity contribution is -0.0228. The molecule has 0 spiro atoms. The van der Waals surface area contributed by atoms with E-state index in [0.717, 1.165) is 11.1 Å². The maximum absolute atomic E-state index is 12.6. The van der Waals surface area contributed by atoms with Crippen LogP contribution < -0.4 is 0 Å². The van der Waals surface area contributed by atoms with Gasteiger partial charge in [-0.2, -0.15) is 0 Å². The summed E-state index contributed by atoms with van der Waals surface area (Å²) in [4.78, 5) is 14.4. The number of rotatable bonds is 2. The van der Waals surface area contributed by atoms with E-state index >= 15 is 0 Å². The van der Waals surface area contributed by atoms with Crippen molar-refractivity contribution in [2.75, 3.05) is 19.7 Å². The van der Waals surface area contributed by atoms with E-state index in [1.54, 1.807) is 24.0 Å². The molecule has 1 N–H and O–H groups in total. The first-order chi connectivity index (χ1) is 11.0. The molecule has 0 unspecified atom stereocenters. The van der Waals surface area contributed by atoms with Crippen LogP contribution in [-0.4, -0.2) is 35.6 Å². The number of aromatic hydroxyl groups is 1. The number of carbonyl (C=O) groups excluding carboxylic acids is 1. The van der Waals surface area contributed by atoms with Crippen LogP contribution in [0.3, 0.4) is 0 Å². The van der Waals surface area contributed by atoms with Crippen molar-refractivity contribution in [2.24, 2.45) is 0 Å². The molecule has 1 atom stereocenters. The van der Waals surface area contributed by atoms with Crippen LogP contribution in [0.25, 0.3) is 0 Å². The zero-order valence-electron chi connectivity index (χ0n) is 12.8. The molecular weight excluding hydrogens is 314 g/mol. The number of amides is 1. The van der Waals surface area contributed by atoms with Crippen LogP contribution in [0.4, 0.5) is 0 Å². The number of phenolic OH excluding ortho intramolecular Hbond substituents is 1. The minimum Gasteiger partial charge on any atom is -0.508 e. The third-order valence-electron chi connectivity index (χ3n) is 4.05.